The lowest BCUT2D eigenvalue weighted by Gasteiger charge is -2.21. The molecule has 1 atom stereocenters. The predicted molar refractivity (Wildman–Crippen MR) is 69.3 cm³/mol. The number of nitrogens with zero attached hydrogens (tertiary/aromatic N) is 2. The number of nitrogens with one attached hydrogen (secondary N) is 1. The fourth-order valence-electron chi connectivity index (χ4n) is 1.93. The van der Waals surface area contributed by atoms with Gasteiger partial charge in [0, 0.05) is 32.1 Å². The number of hydrogen-bond donors (Lipinski definition) is 3. The maximum Gasteiger partial charge on any atom is 0.133 e. The van der Waals surface area contributed by atoms with Crippen LogP contribution in [-0.4, -0.2) is 40.4 Å². The number of aliphatic hydroxyl groups is 1. The molecular weight excluding hydrogens is 232 g/mol. The van der Waals surface area contributed by atoms with E-state index in [4.69, 9.17) is 10.5 Å². The molecule has 1 fully saturated rings. The average molecular weight is 252 g/mol. The van der Waals surface area contributed by atoms with Crippen LogP contribution in [0.15, 0.2) is 6.07 Å². The highest BCUT2D eigenvalue weighted by Crippen LogP contribution is 2.19. The van der Waals surface area contributed by atoms with Crippen molar-refractivity contribution < 1.29 is 9.84 Å². The lowest BCUT2D eigenvalue weighted by Crippen LogP contribution is -2.37. The molecule has 6 nitrogen and oxygen atoms in total. The van der Waals surface area contributed by atoms with Crippen LogP contribution in [-0.2, 0) is 11.2 Å². The first-order valence-electron chi connectivity index (χ1n) is 6.29. The van der Waals surface area contributed by atoms with E-state index in [1.807, 2.05) is 0 Å². The minimum atomic E-state index is -0.801. The highest BCUT2D eigenvalue weighted by Gasteiger charge is 2.32. The van der Waals surface area contributed by atoms with Gasteiger partial charge in [0.15, 0.2) is 0 Å². The number of rotatable bonds is 5. The number of hydrogen-bond acceptors (Lipinski definition) is 6. The van der Waals surface area contributed by atoms with E-state index in [1.54, 1.807) is 6.07 Å². The first-order valence-corrected chi connectivity index (χ1v) is 6.29. The van der Waals surface area contributed by atoms with Crippen LogP contribution in [0, 0.1) is 0 Å². The maximum atomic E-state index is 10.1. The van der Waals surface area contributed by atoms with Gasteiger partial charge in [0.1, 0.15) is 23.1 Å². The van der Waals surface area contributed by atoms with Crippen molar-refractivity contribution >= 4 is 11.6 Å². The van der Waals surface area contributed by atoms with E-state index in [0.29, 0.717) is 37.8 Å². The molecule has 100 valence electrons. The predicted octanol–water partition coefficient (Wildman–Crippen LogP) is 0.575. The first kappa shape index (κ1) is 13.0. The van der Waals surface area contributed by atoms with Gasteiger partial charge in [0.25, 0.3) is 0 Å². The molecule has 2 heterocycles. The summed E-state index contributed by atoms with van der Waals surface area (Å²) in [6.07, 6.45) is 2.41. The molecule has 0 saturated carbocycles. The molecule has 1 aliphatic heterocycles. The second kappa shape index (κ2) is 5.49. The van der Waals surface area contributed by atoms with Crippen molar-refractivity contribution in [3.05, 3.63) is 11.9 Å². The van der Waals surface area contributed by atoms with Crippen LogP contribution < -0.4 is 11.1 Å². The van der Waals surface area contributed by atoms with E-state index in [9.17, 15) is 5.11 Å². The minimum Gasteiger partial charge on any atom is -0.386 e. The van der Waals surface area contributed by atoms with Gasteiger partial charge in [-0.2, -0.15) is 0 Å². The topological polar surface area (TPSA) is 93.3 Å². The summed E-state index contributed by atoms with van der Waals surface area (Å²) in [5.41, 5.74) is 4.93. The second-order valence-electron chi connectivity index (χ2n) is 4.72. The van der Waals surface area contributed by atoms with E-state index in [0.717, 1.165) is 18.7 Å². The fourth-order valence-corrected chi connectivity index (χ4v) is 1.93. The standard InChI is InChI=1S/C12H20N4O2/c1-2-3-10-15-9(13)6-11(16-10)14-7-12(17)4-5-18-8-12/h6,17H,2-5,7-8H2,1H3,(H3,13,14,15,16). The van der Waals surface area contributed by atoms with E-state index in [-0.39, 0.29) is 0 Å². The molecule has 0 amide bonds. The number of nitrogen functional groups attached to an aromatic ring is 1. The Morgan fingerprint density at radius 3 is 3.06 bits per heavy atom. The van der Waals surface area contributed by atoms with Crippen LogP contribution in [0.2, 0.25) is 0 Å². The lowest BCUT2D eigenvalue weighted by atomic mass is 10.0. The molecule has 0 bridgehead atoms. The van der Waals surface area contributed by atoms with Crippen LogP contribution >= 0.6 is 0 Å². The third kappa shape index (κ3) is 3.30. The SMILES string of the molecule is CCCc1nc(N)cc(NCC2(O)CCOC2)n1. The van der Waals surface area contributed by atoms with Crippen LogP contribution in [0.3, 0.4) is 0 Å². The summed E-state index contributed by atoms with van der Waals surface area (Å²) in [7, 11) is 0. The monoisotopic (exact) mass is 252 g/mol. The van der Waals surface area contributed by atoms with Gasteiger partial charge in [0.05, 0.1) is 6.61 Å². The summed E-state index contributed by atoms with van der Waals surface area (Å²) in [6, 6.07) is 1.68. The third-order valence-electron chi connectivity index (χ3n) is 2.95. The van der Waals surface area contributed by atoms with Crippen LogP contribution in [0.25, 0.3) is 0 Å². The Labute approximate surface area is 107 Å². The summed E-state index contributed by atoms with van der Waals surface area (Å²) in [5.74, 6) is 1.84. The van der Waals surface area contributed by atoms with Crippen molar-refractivity contribution in [2.45, 2.75) is 31.8 Å². The quantitative estimate of drug-likeness (QED) is 0.709. The molecule has 2 rings (SSSR count). The molecule has 6 heteroatoms. The van der Waals surface area contributed by atoms with Gasteiger partial charge in [-0.3, -0.25) is 0 Å². The zero-order valence-electron chi connectivity index (χ0n) is 10.6. The largest absolute Gasteiger partial charge is 0.386 e. The first-order chi connectivity index (χ1) is 8.61. The Kier molecular flexibility index (Phi) is 3.98. The third-order valence-corrected chi connectivity index (χ3v) is 2.95. The van der Waals surface area contributed by atoms with E-state index in [2.05, 4.69) is 22.2 Å². The number of anilines is 2. The smallest absolute Gasteiger partial charge is 0.133 e. The molecule has 0 aromatic carbocycles. The number of ether oxygens (including phenoxy) is 1. The second-order valence-corrected chi connectivity index (χ2v) is 4.72. The minimum absolute atomic E-state index is 0.363. The zero-order valence-corrected chi connectivity index (χ0v) is 10.6. The molecule has 0 aliphatic carbocycles. The van der Waals surface area contributed by atoms with Crippen molar-refractivity contribution in [1.29, 1.82) is 0 Å². The summed E-state index contributed by atoms with van der Waals surface area (Å²) in [6.45, 7) is 3.45. The number of aryl methyl sites for hydroxylation is 1. The summed E-state index contributed by atoms with van der Waals surface area (Å²) >= 11 is 0. The Morgan fingerprint density at radius 1 is 1.56 bits per heavy atom. The van der Waals surface area contributed by atoms with Crippen molar-refractivity contribution in [3.63, 3.8) is 0 Å². The zero-order chi connectivity index (χ0) is 13.0. The maximum absolute atomic E-state index is 10.1. The molecule has 1 aromatic heterocycles. The summed E-state index contributed by atoms with van der Waals surface area (Å²) in [4.78, 5) is 8.52. The fraction of sp³-hybridized carbons (Fsp3) is 0.667. The number of aromatic nitrogens is 2. The lowest BCUT2D eigenvalue weighted by molar-refractivity contribution is 0.0381. The van der Waals surface area contributed by atoms with Gasteiger partial charge in [-0.05, 0) is 6.42 Å². The van der Waals surface area contributed by atoms with Crippen LogP contribution in [0.5, 0.6) is 0 Å². The van der Waals surface area contributed by atoms with E-state index in [1.165, 1.54) is 0 Å². The van der Waals surface area contributed by atoms with Crippen molar-refractivity contribution in [3.8, 4) is 0 Å². The van der Waals surface area contributed by atoms with Crippen molar-refractivity contribution in [2.75, 3.05) is 30.8 Å². The highest BCUT2D eigenvalue weighted by molar-refractivity contribution is 5.44. The average Bonchev–Trinajstić information content (AvgIpc) is 2.74. The Balaban J connectivity index is 2.00. The molecule has 1 aliphatic rings. The van der Waals surface area contributed by atoms with Gasteiger partial charge in [-0.1, -0.05) is 6.92 Å². The Morgan fingerprint density at radius 2 is 2.39 bits per heavy atom. The summed E-state index contributed by atoms with van der Waals surface area (Å²) in [5, 5.41) is 13.2. The van der Waals surface area contributed by atoms with Gasteiger partial charge in [0.2, 0.25) is 0 Å². The van der Waals surface area contributed by atoms with Crippen molar-refractivity contribution in [2.24, 2.45) is 0 Å². The van der Waals surface area contributed by atoms with E-state index < -0.39 is 5.60 Å². The molecule has 4 N–H and O–H groups in total. The van der Waals surface area contributed by atoms with Gasteiger partial charge >= 0.3 is 0 Å². The molecule has 1 unspecified atom stereocenters. The van der Waals surface area contributed by atoms with Crippen LogP contribution in [0.4, 0.5) is 11.6 Å². The molecular formula is C12H20N4O2. The van der Waals surface area contributed by atoms with Gasteiger partial charge < -0.3 is 20.9 Å². The Bertz CT molecular complexity index is 405. The highest BCUT2D eigenvalue weighted by atomic mass is 16.5. The number of nitrogens with two attached hydrogens (primary N) is 1. The molecule has 0 spiro atoms. The van der Waals surface area contributed by atoms with Crippen molar-refractivity contribution in [1.82, 2.24) is 9.97 Å². The van der Waals surface area contributed by atoms with E-state index >= 15 is 0 Å². The molecule has 18 heavy (non-hydrogen) atoms. The van der Waals surface area contributed by atoms with Gasteiger partial charge in [-0.15, -0.1) is 0 Å². The Hall–Kier alpha value is -1.40. The molecule has 1 aromatic rings. The van der Waals surface area contributed by atoms with Gasteiger partial charge in [-0.25, -0.2) is 9.97 Å². The molecule has 1 saturated heterocycles. The van der Waals surface area contributed by atoms with Crippen LogP contribution in [0.1, 0.15) is 25.6 Å². The normalized spacial score (nSPS) is 23.2. The summed E-state index contributed by atoms with van der Waals surface area (Å²) < 4.78 is 5.19. The molecule has 0 radical (unpaired) electrons.